The molecule has 1 aromatic carbocycles. The quantitative estimate of drug-likeness (QED) is 0.457. The van der Waals surface area contributed by atoms with Gasteiger partial charge in [0.1, 0.15) is 16.3 Å². The van der Waals surface area contributed by atoms with Crippen LogP contribution in [-0.2, 0) is 6.54 Å². The van der Waals surface area contributed by atoms with Crippen LogP contribution in [0.25, 0.3) is 21.7 Å². The second-order valence-corrected chi connectivity index (χ2v) is 7.84. The van der Waals surface area contributed by atoms with E-state index in [0.29, 0.717) is 22.4 Å². The van der Waals surface area contributed by atoms with Gasteiger partial charge in [0.25, 0.3) is 0 Å². The molecule has 130 valence electrons. The maximum atomic E-state index is 6.11. The summed E-state index contributed by atoms with van der Waals surface area (Å²) in [6.07, 6.45) is 1.74. The third-order valence-electron chi connectivity index (χ3n) is 3.85. The molecule has 0 aliphatic carbocycles. The Morgan fingerprint density at radius 1 is 1.04 bits per heavy atom. The molecule has 0 spiro atoms. The van der Waals surface area contributed by atoms with Gasteiger partial charge in [0, 0.05) is 17.6 Å². The minimum Gasteiger partial charge on any atom is -0.365 e. The molecular formula is C19H14Cl2N4S. The van der Waals surface area contributed by atoms with Gasteiger partial charge < -0.3 is 5.32 Å². The van der Waals surface area contributed by atoms with Gasteiger partial charge in [-0.15, -0.1) is 11.3 Å². The maximum Gasteiger partial charge on any atom is 0.181 e. The van der Waals surface area contributed by atoms with Crippen molar-refractivity contribution in [2.24, 2.45) is 0 Å². The number of anilines is 1. The van der Waals surface area contributed by atoms with E-state index in [-0.39, 0.29) is 0 Å². The average molecular weight is 401 g/mol. The number of benzene rings is 1. The number of aromatic nitrogens is 3. The van der Waals surface area contributed by atoms with Crippen molar-refractivity contribution in [3.05, 3.63) is 69.1 Å². The van der Waals surface area contributed by atoms with E-state index in [9.17, 15) is 0 Å². The van der Waals surface area contributed by atoms with E-state index >= 15 is 0 Å². The lowest BCUT2D eigenvalue weighted by Crippen LogP contribution is -2.04. The normalized spacial score (nSPS) is 11.0. The Morgan fingerprint density at radius 2 is 1.92 bits per heavy atom. The van der Waals surface area contributed by atoms with Crippen LogP contribution in [0.2, 0.25) is 10.0 Å². The molecule has 0 saturated carbocycles. The van der Waals surface area contributed by atoms with E-state index in [4.69, 9.17) is 28.2 Å². The number of halogens is 2. The fourth-order valence-electron chi connectivity index (χ4n) is 2.62. The third-order valence-corrected chi connectivity index (χ3v) is 5.54. The standard InChI is InChI=1S/C19H14Cl2N4S/c1-11-8-13-17(23-10-12-5-6-14(20)15(21)9-12)24-18(25-19(13)26-11)16-4-2-3-7-22-16/h2-9H,10H2,1H3,(H,23,24,25). The molecule has 0 aliphatic heterocycles. The lowest BCUT2D eigenvalue weighted by Gasteiger charge is -2.09. The van der Waals surface area contributed by atoms with Gasteiger partial charge in [-0.05, 0) is 42.8 Å². The number of rotatable bonds is 4. The van der Waals surface area contributed by atoms with Crippen molar-refractivity contribution in [1.29, 1.82) is 0 Å². The number of hydrogen-bond donors (Lipinski definition) is 1. The van der Waals surface area contributed by atoms with E-state index in [1.807, 2.05) is 30.3 Å². The lowest BCUT2D eigenvalue weighted by atomic mass is 10.2. The largest absolute Gasteiger partial charge is 0.365 e. The number of hydrogen-bond acceptors (Lipinski definition) is 5. The van der Waals surface area contributed by atoms with Crippen LogP contribution in [0, 0.1) is 6.92 Å². The molecule has 0 saturated heterocycles. The Hall–Kier alpha value is -2.21. The monoisotopic (exact) mass is 400 g/mol. The number of nitrogens with zero attached hydrogens (tertiary/aromatic N) is 3. The fraction of sp³-hybridized carbons (Fsp3) is 0.105. The summed E-state index contributed by atoms with van der Waals surface area (Å²) in [5.74, 6) is 1.39. The predicted octanol–water partition coefficient (Wildman–Crippen LogP) is 5.98. The second-order valence-electron chi connectivity index (χ2n) is 5.79. The average Bonchev–Trinajstić information content (AvgIpc) is 3.03. The van der Waals surface area contributed by atoms with Crippen LogP contribution in [0.4, 0.5) is 5.82 Å². The second kappa shape index (κ2) is 7.19. The first kappa shape index (κ1) is 17.2. The Morgan fingerprint density at radius 3 is 2.69 bits per heavy atom. The summed E-state index contributed by atoms with van der Waals surface area (Å²) in [6.45, 7) is 2.65. The lowest BCUT2D eigenvalue weighted by molar-refractivity contribution is 1.10. The van der Waals surface area contributed by atoms with Crippen LogP contribution in [0.15, 0.2) is 48.7 Å². The van der Waals surface area contributed by atoms with E-state index in [1.54, 1.807) is 23.6 Å². The Balaban J connectivity index is 1.71. The van der Waals surface area contributed by atoms with Crippen molar-refractivity contribution in [2.75, 3.05) is 5.32 Å². The minimum atomic E-state index is 0.541. The highest BCUT2D eigenvalue weighted by molar-refractivity contribution is 7.18. The van der Waals surface area contributed by atoms with Crippen molar-refractivity contribution in [3.8, 4) is 11.5 Å². The molecule has 4 nitrogen and oxygen atoms in total. The molecule has 0 amide bonds. The molecule has 4 rings (SSSR count). The molecule has 0 fully saturated rings. The van der Waals surface area contributed by atoms with Crippen LogP contribution in [0.5, 0.6) is 0 Å². The summed E-state index contributed by atoms with van der Waals surface area (Å²) in [5.41, 5.74) is 1.77. The summed E-state index contributed by atoms with van der Waals surface area (Å²) in [5, 5.41) is 5.49. The van der Waals surface area contributed by atoms with Crippen LogP contribution in [0.3, 0.4) is 0 Å². The molecule has 0 bridgehead atoms. The van der Waals surface area contributed by atoms with Gasteiger partial charge in [0.15, 0.2) is 5.82 Å². The molecule has 4 aromatic rings. The van der Waals surface area contributed by atoms with Crippen molar-refractivity contribution in [2.45, 2.75) is 13.5 Å². The topological polar surface area (TPSA) is 50.7 Å². The number of nitrogens with one attached hydrogen (secondary N) is 1. The fourth-order valence-corrected chi connectivity index (χ4v) is 3.82. The summed E-state index contributed by atoms with van der Waals surface area (Å²) in [6, 6.07) is 13.4. The van der Waals surface area contributed by atoms with Crippen molar-refractivity contribution in [3.63, 3.8) is 0 Å². The van der Waals surface area contributed by atoms with Gasteiger partial charge in [-0.25, -0.2) is 9.97 Å². The molecule has 3 heterocycles. The van der Waals surface area contributed by atoms with E-state index in [0.717, 1.165) is 27.3 Å². The van der Waals surface area contributed by atoms with E-state index in [1.165, 1.54) is 4.88 Å². The number of pyridine rings is 1. The molecular weight excluding hydrogens is 387 g/mol. The first-order chi connectivity index (χ1) is 12.6. The molecule has 26 heavy (non-hydrogen) atoms. The molecule has 0 unspecified atom stereocenters. The summed E-state index contributed by atoms with van der Waals surface area (Å²) >= 11 is 13.7. The first-order valence-corrected chi connectivity index (χ1v) is 9.55. The minimum absolute atomic E-state index is 0.541. The van der Waals surface area contributed by atoms with Gasteiger partial charge in [-0.2, -0.15) is 0 Å². The summed E-state index contributed by atoms with van der Waals surface area (Å²) in [7, 11) is 0. The highest BCUT2D eigenvalue weighted by Crippen LogP contribution is 2.31. The van der Waals surface area contributed by atoms with Gasteiger partial charge in [0.05, 0.1) is 15.4 Å². The Kier molecular flexibility index (Phi) is 4.76. The molecule has 1 N–H and O–H groups in total. The van der Waals surface area contributed by atoms with Gasteiger partial charge >= 0.3 is 0 Å². The van der Waals surface area contributed by atoms with Gasteiger partial charge in [-0.1, -0.05) is 35.3 Å². The van der Waals surface area contributed by atoms with Crippen LogP contribution in [0.1, 0.15) is 10.4 Å². The Labute approximate surface area is 164 Å². The maximum absolute atomic E-state index is 6.11. The predicted molar refractivity (Wildman–Crippen MR) is 109 cm³/mol. The molecule has 0 aliphatic rings. The third kappa shape index (κ3) is 3.51. The number of aryl methyl sites for hydroxylation is 1. The molecule has 7 heteroatoms. The molecule has 3 aromatic heterocycles. The Bertz CT molecular complexity index is 1080. The summed E-state index contributed by atoms with van der Waals surface area (Å²) < 4.78 is 0. The molecule has 0 radical (unpaired) electrons. The molecule has 0 atom stereocenters. The summed E-state index contributed by atoms with van der Waals surface area (Å²) in [4.78, 5) is 15.9. The first-order valence-electron chi connectivity index (χ1n) is 7.97. The SMILES string of the molecule is Cc1cc2c(NCc3ccc(Cl)c(Cl)c3)nc(-c3ccccn3)nc2s1. The van der Waals surface area contributed by atoms with Gasteiger partial charge in [0.2, 0.25) is 0 Å². The smallest absolute Gasteiger partial charge is 0.181 e. The van der Waals surface area contributed by atoms with Crippen molar-refractivity contribution >= 4 is 50.6 Å². The van der Waals surface area contributed by atoms with Crippen LogP contribution < -0.4 is 5.32 Å². The van der Waals surface area contributed by atoms with E-state index < -0.39 is 0 Å². The van der Waals surface area contributed by atoms with Crippen LogP contribution >= 0.6 is 34.5 Å². The number of fused-ring (bicyclic) bond motifs is 1. The highest BCUT2D eigenvalue weighted by atomic mass is 35.5. The zero-order chi connectivity index (χ0) is 18.1. The van der Waals surface area contributed by atoms with Crippen LogP contribution in [-0.4, -0.2) is 15.0 Å². The number of thiophene rings is 1. The highest BCUT2D eigenvalue weighted by Gasteiger charge is 2.12. The van der Waals surface area contributed by atoms with E-state index in [2.05, 4.69) is 28.3 Å². The van der Waals surface area contributed by atoms with Crippen molar-refractivity contribution < 1.29 is 0 Å². The van der Waals surface area contributed by atoms with Gasteiger partial charge in [-0.3, -0.25) is 4.98 Å². The zero-order valence-corrected chi connectivity index (χ0v) is 16.2. The van der Waals surface area contributed by atoms with Crippen molar-refractivity contribution in [1.82, 2.24) is 15.0 Å². The zero-order valence-electron chi connectivity index (χ0n) is 13.8.